The Balaban J connectivity index is 1.53. The van der Waals surface area contributed by atoms with Crippen LogP contribution in [0.5, 0.6) is 0 Å². The third-order valence-corrected chi connectivity index (χ3v) is 4.52. The van der Waals surface area contributed by atoms with Gasteiger partial charge in [-0.25, -0.2) is 0 Å². The van der Waals surface area contributed by atoms with Gasteiger partial charge in [-0.05, 0) is 54.0 Å². The van der Waals surface area contributed by atoms with Gasteiger partial charge in [0.05, 0.1) is 6.42 Å². The minimum absolute atomic E-state index is 0.00426. The van der Waals surface area contributed by atoms with Crippen LogP contribution < -0.4 is 5.32 Å². The predicted octanol–water partition coefficient (Wildman–Crippen LogP) is 3.45. The maximum atomic E-state index is 12.3. The minimum Gasteiger partial charge on any atom is -0.481 e. The molecular formula is C20H21NO3. The summed E-state index contributed by atoms with van der Waals surface area (Å²) in [4.78, 5) is 22.9. The van der Waals surface area contributed by atoms with Crippen molar-refractivity contribution in [1.29, 1.82) is 0 Å². The molecule has 1 amide bonds. The monoisotopic (exact) mass is 323 g/mol. The zero-order valence-corrected chi connectivity index (χ0v) is 13.5. The molecule has 4 nitrogen and oxygen atoms in total. The molecule has 0 radical (unpaired) electrons. The Hall–Kier alpha value is -2.62. The second-order valence-electron chi connectivity index (χ2n) is 6.40. The van der Waals surface area contributed by atoms with Crippen LogP contribution in [0.2, 0.25) is 0 Å². The van der Waals surface area contributed by atoms with Crippen LogP contribution >= 0.6 is 0 Å². The molecule has 0 spiro atoms. The Kier molecular flexibility index (Phi) is 4.94. The van der Waals surface area contributed by atoms with Gasteiger partial charge in [-0.2, -0.15) is 0 Å². The van der Waals surface area contributed by atoms with E-state index in [2.05, 4.69) is 29.6 Å². The van der Waals surface area contributed by atoms with E-state index in [1.165, 1.54) is 11.1 Å². The average Bonchev–Trinajstić information content (AvgIpc) is 2.56. The number of hydrogen-bond acceptors (Lipinski definition) is 2. The Morgan fingerprint density at radius 1 is 1.04 bits per heavy atom. The molecule has 124 valence electrons. The van der Waals surface area contributed by atoms with Crippen molar-refractivity contribution in [2.45, 2.75) is 32.1 Å². The summed E-state index contributed by atoms with van der Waals surface area (Å²) < 4.78 is 0. The van der Waals surface area contributed by atoms with Gasteiger partial charge in [0.15, 0.2) is 0 Å². The van der Waals surface area contributed by atoms with Crippen molar-refractivity contribution in [3.8, 4) is 0 Å². The lowest BCUT2D eigenvalue weighted by Crippen LogP contribution is -2.21. The molecule has 2 aromatic rings. The fraction of sp³-hybridized carbons (Fsp3) is 0.300. The highest BCUT2D eigenvalue weighted by molar-refractivity contribution is 5.90. The fourth-order valence-electron chi connectivity index (χ4n) is 3.30. The number of fused-ring (bicyclic) bond motifs is 1. The first-order chi connectivity index (χ1) is 11.6. The minimum atomic E-state index is -0.857. The maximum Gasteiger partial charge on any atom is 0.307 e. The molecule has 1 aliphatic carbocycles. The number of amides is 1. The third kappa shape index (κ3) is 4.22. The molecule has 1 aliphatic rings. The van der Waals surface area contributed by atoms with Crippen LogP contribution in [0.15, 0.2) is 48.5 Å². The Morgan fingerprint density at radius 2 is 1.75 bits per heavy atom. The number of carbonyl (C=O) groups excluding carboxylic acids is 1. The van der Waals surface area contributed by atoms with E-state index >= 15 is 0 Å². The Bertz CT molecular complexity index is 737. The van der Waals surface area contributed by atoms with E-state index in [1.54, 1.807) is 24.3 Å². The van der Waals surface area contributed by atoms with Crippen LogP contribution in [0.4, 0.5) is 5.69 Å². The van der Waals surface area contributed by atoms with E-state index in [4.69, 9.17) is 5.11 Å². The number of aliphatic carboxylic acids is 1. The zero-order chi connectivity index (χ0) is 16.9. The zero-order valence-electron chi connectivity index (χ0n) is 13.5. The van der Waals surface area contributed by atoms with Gasteiger partial charge in [0, 0.05) is 12.1 Å². The summed E-state index contributed by atoms with van der Waals surface area (Å²) >= 11 is 0. The lowest BCUT2D eigenvalue weighted by atomic mass is 9.82. The van der Waals surface area contributed by atoms with Gasteiger partial charge in [-0.3, -0.25) is 9.59 Å². The van der Waals surface area contributed by atoms with Crippen LogP contribution in [0, 0.1) is 5.92 Å². The number of anilines is 1. The topological polar surface area (TPSA) is 66.4 Å². The summed E-state index contributed by atoms with van der Waals surface area (Å²) in [6.07, 6.45) is 3.56. The van der Waals surface area contributed by atoms with Gasteiger partial charge >= 0.3 is 5.97 Å². The first-order valence-corrected chi connectivity index (χ1v) is 8.27. The molecule has 24 heavy (non-hydrogen) atoms. The summed E-state index contributed by atoms with van der Waals surface area (Å²) in [5, 5.41) is 11.7. The number of carboxylic acid groups (broad SMARTS) is 1. The lowest BCUT2D eigenvalue weighted by Gasteiger charge is -2.24. The van der Waals surface area contributed by atoms with E-state index in [1.807, 2.05) is 0 Å². The van der Waals surface area contributed by atoms with Crippen molar-refractivity contribution in [3.05, 3.63) is 65.2 Å². The molecule has 0 saturated carbocycles. The summed E-state index contributed by atoms with van der Waals surface area (Å²) in [6, 6.07) is 15.4. The van der Waals surface area contributed by atoms with Crippen molar-refractivity contribution < 1.29 is 14.7 Å². The Morgan fingerprint density at radius 3 is 2.46 bits per heavy atom. The predicted molar refractivity (Wildman–Crippen MR) is 93.0 cm³/mol. The third-order valence-electron chi connectivity index (χ3n) is 4.52. The van der Waals surface area contributed by atoms with Crippen molar-refractivity contribution in [2.24, 2.45) is 5.92 Å². The fourth-order valence-corrected chi connectivity index (χ4v) is 3.30. The smallest absolute Gasteiger partial charge is 0.307 e. The van der Waals surface area contributed by atoms with E-state index in [0.29, 0.717) is 18.0 Å². The lowest BCUT2D eigenvalue weighted by molar-refractivity contribution is -0.136. The maximum absolute atomic E-state index is 12.3. The Labute approximate surface area is 141 Å². The van der Waals surface area contributed by atoms with Crippen molar-refractivity contribution in [3.63, 3.8) is 0 Å². The molecule has 4 heteroatoms. The molecular weight excluding hydrogens is 302 g/mol. The molecule has 0 aromatic heterocycles. The van der Waals surface area contributed by atoms with Crippen molar-refractivity contribution in [1.82, 2.24) is 0 Å². The largest absolute Gasteiger partial charge is 0.481 e. The molecule has 1 unspecified atom stereocenters. The van der Waals surface area contributed by atoms with Crippen molar-refractivity contribution in [2.75, 3.05) is 5.32 Å². The second kappa shape index (κ2) is 7.30. The quantitative estimate of drug-likeness (QED) is 0.885. The summed E-state index contributed by atoms with van der Waals surface area (Å²) in [6.45, 7) is 0. The van der Waals surface area contributed by atoms with Gasteiger partial charge in [0.25, 0.3) is 0 Å². The van der Waals surface area contributed by atoms with Gasteiger partial charge in [0.2, 0.25) is 5.91 Å². The number of carbonyl (C=O) groups is 2. The number of nitrogens with one attached hydrogen (secondary N) is 1. The molecule has 0 bridgehead atoms. The van der Waals surface area contributed by atoms with E-state index < -0.39 is 5.97 Å². The first-order valence-electron chi connectivity index (χ1n) is 8.27. The van der Waals surface area contributed by atoms with Crippen LogP contribution in [0.3, 0.4) is 0 Å². The second-order valence-corrected chi connectivity index (χ2v) is 6.40. The highest BCUT2D eigenvalue weighted by Gasteiger charge is 2.20. The number of aryl methyl sites for hydroxylation is 1. The van der Waals surface area contributed by atoms with Gasteiger partial charge in [0.1, 0.15) is 0 Å². The standard InChI is InChI=1S/C20H21NO3/c22-19(21-18-9-6-14(7-10-18)13-20(23)24)12-15-5-8-16-3-1-2-4-17(16)11-15/h1-4,6-7,9-10,15H,5,8,11-13H2,(H,21,22)(H,23,24). The molecule has 2 N–H and O–H groups in total. The molecule has 1 atom stereocenters. The first kappa shape index (κ1) is 16.2. The number of hydrogen-bond donors (Lipinski definition) is 2. The number of carboxylic acids is 1. The normalized spacial score (nSPS) is 16.2. The number of rotatable bonds is 5. The van der Waals surface area contributed by atoms with Crippen LogP contribution in [-0.4, -0.2) is 17.0 Å². The molecule has 0 fully saturated rings. The molecule has 2 aromatic carbocycles. The number of benzene rings is 2. The molecule has 0 heterocycles. The molecule has 0 saturated heterocycles. The highest BCUT2D eigenvalue weighted by atomic mass is 16.4. The van der Waals surface area contributed by atoms with Gasteiger partial charge < -0.3 is 10.4 Å². The van der Waals surface area contributed by atoms with Gasteiger partial charge in [-0.15, -0.1) is 0 Å². The van der Waals surface area contributed by atoms with E-state index in [-0.39, 0.29) is 12.3 Å². The summed E-state index contributed by atoms with van der Waals surface area (Å²) in [7, 11) is 0. The van der Waals surface area contributed by atoms with Crippen LogP contribution in [-0.2, 0) is 28.9 Å². The van der Waals surface area contributed by atoms with E-state index in [9.17, 15) is 9.59 Å². The molecule has 3 rings (SSSR count). The highest BCUT2D eigenvalue weighted by Crippen LogP contribution is 2.27. The summed E-state index contributed by atoms with van der Waals surface area (Å²) in [5.74, 6) is -0.457. The summed E-state index contributed by atoms with van der Waals surface area (Å²) in [5.41, 5.74) is 4.21. The van der Waals surface area contributed by atoms with E-state index in [0.717, 1.165) is 24.8 Å². The van der Waals surface area contributed by atoms with Gasteiger partial charge in [-0.1, -0.05) is 36.4 Å². The SMILES string of the molecule is O=C(O)Cc1ccc(NC(=O)CC2CCc3ccccc3C2)cc1. The van der Waals surface area contributed by atoms with Crippen LogP contribution in [0.1, 0.15) is 29.5 Å². The van der Waals surface area contributed by atoms with Crippen LogP contribution in [0.25, 0.3) is 0 Å². The average molecular weight is 323 g/mol. The van der Waals surface area contributed by atoms with Crippen molar-refractivity contribution >= 4 is 17.6 Å². The molecule has 0 aliphatic heterocycles.